The highest BCUT2D eigenvalue weighted by Gasteiger charge is 2.14. The second-order valence-electron chi connectivity index (χ2n) is 4.72. The Labute approximate surface area is 139 Å². The molecule has 1 aromatic carbocycles. The third-order valence-corrected chi connectivity index (χ3v) is 5.06. The van der Waals surface area contributed by atoms with Crippen molar-refractivity contribution in [1.29, 1.82) is 0 Å². The molecule has 1 heterocycles. The third-order valence-electron chi connectivity index (χ3n) is 2.85. The highest BCUT2D eigenvalue weighted by Crippen LogP contribution is 2.22. The van der Waals surface area contributed by atoms with Gasteiger partial charge in [-0.2, -0.15) is 0 Å². The van der Waals surface area contributed by atoms with Gasteiger partial charge in [-0.3, -0.25) is 4.79 Å². The van der Waals surface area contributed by atoms with Gasteiger partial charge in [-0.1, -0.05) is 15.9 Å². The van der Waals surface area contributed by atoms with Gasteiger partial charge in [0.15, 0.2) is 0 Å². The Balaban J connectivity index is 2.02. The van der Waals surface area contributed by atoms with Crippen molar-refractivity contribution in [2.45, 2.75) is 26.3 Å². The number of aryl methyl sites for hydroxylation is 1. The molecule has 1 aromatic heterocycles. The summed E-state index contributed by atoms with van der Waals surface area (Å²) in [6.07, 6.45) is 0.857. The molecule has 0 bridgehead atoms. The van der Waals surface area contributed by atoms with Crippen LogP contribution in [0.25, 0.3) is 0 Å². The van der Waals surface area contributed by atoms with E-state index in [0.717, 1.165) is 15.4 Å². The Morgan fingerprint density at radius 3 is 2.70 bits per heavy atom. The van der Waals surface area contributed by atoms with Gasteiger partial charge in [0.2, 0.25) is 0 Å². The quantitative estimate of drug-likeness (QED) is 0.750. The number of carbonyl (C=O) groups is 1. The first-order valence-electron chi connectivity index (χ1n) is 6.27. The van der Waals surface area contributed by atoms with Crippen molar-refractivity contribution >= 4 is 49.1 Å². The molecule has 0 fully saturated rings. The zero-order valence-corrected chi connectivity index (χ0v) is 15.2. The molecule has 0 spiro atoms. The molecule has 0 saturated heterocycles. The average molecular weight is 417 g/mol. The summed E-state index contributed by atoms with van der Waals surface area (Å²) in [6, 6.07) is 9.93. The first-order valence-corrected chi connectivity index (χ1v) is 8.67. The molecule has 0 aliphatic carbocycles. The molecule has 1 atom stereocenters. The fraction of sp³-hybridized carbons (Fsp3) is 0.267. The van der Waals surface area contributed by atoms with E-state index in [-0.39, 0.29) is 11.9 Å². The summed E-state index contributed by atoms with van der Waals surface area (Å²) >= 11 is 8.58. The predicted octanol–water partition coefficient (Wildman–Crippen LogP) is 4.94. The lowest BCUT2D eigenvalue weighted by Gasteiger charge is -2.14. The van der Waals surface area contributed by atoms with Gasteiger partial charge in [-0.05, 0) is 60.1 Å². The normalized spacial score (nSPS) is 12.2. The van der Waals surface area contributed by atoms with Crippen LogP contribution in [0.1, 0.15) is 27.0 Å². The molecule has 1 N–H and O–H groups in total. The maximum absolute atomic E-state index is 12.3. The summed E-state index contributed by atoms with van der Waals surface area (Å²) in [5.74, 6) is -0.0565. The van der Waals surface area contributed by atoms with E-state index >= 15 is 0 Å². The monoisotopic (exact) mass is 415 g/mol. The summed E-state index contributed by atoms with van der Waals surface area (Å²) in [5, 5.41) is 3.04. The van der Waals surface area contributed by atoms with Crippen LogP contribution in [0.3, 0.4) is 0 Å². The highest BCUT2D eigenvalue weighted by atomic mass is 79.9. The summed E-state index contributed by atoms with van der Waals surface area (Å²) in [6.45, 7) is 4.12. The largest absolute Gasteiger partial charge is 0.349 e. The van der Waals surface area contributed by atoms with E-state index < -0.39 is 0 Å². The molecular weight excluding hydrogens is 402 g/mol. The zero-order chi connectivity index (χ0) is 14.7. The van der Waals surface area contributed by atoms with Crippen LogP contribution in [0.15, 0.2) is 39.3 Å². The van der Waals surface area contributed by atoms with Crippen LogP contribution < -0.4 is 5.32 Å². The fourth-order valence-corrected chi connectivity index (χ4v) is 3.73. The molecule has 106 valence electrons. The maximum atomic E-state index is 12.3. The van der Waals surface area contributed by atoms with E-state index in [9.17, 15) is 4.79 Å². The second-order valence-corrected chi connectivity index (χ2v) is 7.86. The first-order chi connectivity index (χ1) is 9.45. The summed E-state index contributed by atoms with van der Waals surface area (Å²) < 4.78 is 1.70. The summed E-state index contributed by atoms with van der Waals surface area (Å²) in [4.78, 5) is 14.9. The van der Waals surface area contributed by atoms with Gasteiger partial charge in [0.05, 0.1) is 5.56 Å². The van der Waals surface area contributed by atoms with Gasteiger partial charge in [0.1, 0.15) is 0 Å². The molecule has 2 rings (SSSR count). The van der Waals surface area contributed by atoms with Crippen molar-refractivity contribution in [2.24, 2.45) is 0 Å². The molecule has 0 aliphatic rings. The summed E-state index contributed by atoms with van der Waals surface area (Å²) in [7, 11) is 0. The lowest BCUT2D eigenvalue weighted by Crippen LogP contribution is -2.34. The van der Waals surface area contributed by atoms with Crippen molar-refractivity contribution in [3.8, 4) is 0 Å². The molecule has 0 saturated carbocycles. The van der Waals surface area contributed by atoms with Gasteiger partial charge in [0.25, 0.3) is 5.91 Å². The minimum atomic E-state index is -0.0565. The van der Waals surface area contributed by atoms with E-state index in [1.807, 2.05) is 25.1 Å². The molecule has 1 unspecified atom stereocenters. The Bertz CT molecular complexity index is 624. The standard InChI is InChI=1S/C15H15Br2NOS/c1-9(7-12-5-3-10(2)20-12)18-15(19)13-8-11(16)4-6-14(13)17/h3-6,8-9H,7H2,1-2H3,(H,18,19). The lowest BCUT2D eigenvalue weighted by molar-refractivity contribution is 0.0939. The Kier molecular flexibility index (Phi) is 5.41. The number of hydrogen-bond acceptors (Lipinski definition) is 2. The van der Waals surface area contributed by atoms with E-state index in [0.29, 0.717) is 5.56 Å². The number of thiophene rings is 1. The number of nitrogens with one attached hydrogen (secondary N) is 1. The Hall–Kier alpha value is -0.650. The number of amides is 1. The van der Waals surface area contributed by atoms with Crippen LogP contribution >= 0.6 is 43.2 Å². The van der Waals surface area contributed by atoms with E-state index in [1.165, 1.54) is 9.75 Å². The van der Waals surface area contributed by atoms with Crippen LogP contribution in [-0.4, -0.2) is 11.9 Å². The van der Waals surface area contributed by atoms with Gasteiger partial charge >= 0.3 is 0 Å². The zero-order valence-electron chi connectivity index (χ0n) is 11.2. The van der Waals surface area contributed by atoms with Crippen LogP contribution in [0.4, 0.5) is 0 Å². The van der Waals surface area contributed by atoms with Gasteiger partial charge < -0.3 is 5.32 Å². The van der Waals surface area contributed by atoms with Gasteiger partial charge in [-0.15, -0.1) is 11.3 Å². The van der Waals surface area contributed by atoms with E-state index in [4.69, 9.17) is 0 Å². The molecule has 2 nitrogen and oxygen atoms in total. The van der Waals surface area contributed by atoms with Crippen molar-refractivity contribution in [2.75, 3.05) is 0 Å². The van der Waals surface area contributed by atoms with Crippen molar-refractivity contribution < 1.29 is 4.79 Å². The van der Waals surface area contributed by atoms with Crippen LogP contribution in [0.2, 0.25) is 0 Å². The smallest absolute Gasteiger partial charge is 0.252 e. The average Bonchev–Trinajstić information content (AvgIpc) is 2.77. The Morgan fingerprint density at radius 1 is 1.30 bits per heavy atom. The summed E-state index contributed by atoms with van der Waals surface area (Å²) in [5.41, 5.74) is 0.647. The number of carbonyl (C=O) groups excluding carboxylic acids is 1. The lowest BCUT2D eigenvalue weighted by atomic mass is 10.1. The van der Waals surface area contributed by atoms with Crippen molar-refractivity contribution in [1.82, 2.24) is 5.32 Å². The second kappa shape index (κ2) is 6.87. The molecule has 1 amide bonds. The molecule has 0 aliphatic heterocycles. The molecule has 2 aromatic rings. The number of halogens is 2. The SMILES string of the molecule is Cc1ccc(CC(C)NC(=O)c2cc(Br)ccc2Br)s1. The van der Waals surface area contributed by atoms with Crippen LogP contribution in [0, 0.1) is 6.92 Å². The van der Waals surface area contributed by atoms with Crippen LogP contribution in [-0.2, 0) is 6.42 Å². The minimum Gasteiger partial charge on any atom is -0.349 e. The topological polar surface area (TPSA) is 29.1 Å². The van der Waals surface area contributed by atoms with Crippen LogP contribution in [0.5, 0.6) is 0 Å². The molecule has 5 heteroatoms. The fourth-order valence-electron chi connectivity index (χ4n) is 1.92. The van der Waals surface area contributed by atoms with Gasteiger partial charge in [-0.25, -0.2) is 0 Å². The molecule has 0 radical (unpaired) electrons. The van der Waals surface area contributed by atoms with E-state index in [1.54, 1.807) is 11.3 Å². The number of benzene rings is 1. The van der Waals surface area contributed by atoms with E-state index in [2.05, 4.69) is 56.2 Å². The van der Waals surface area contributed by atoms with Gasteiger partial charge in [0, 0.05) is 31.2 Å². The first kappa shape index (κ1) is 15.7. The maximum Gasteiger partial charge on any atom is 0.252 e. The Morgan fingerprint density at radius 2 is 2.05 bits per heavy atom. The highest BCUT2D eigenvalue weighted by molar-refractivity contribution is 9.11. The van der Waals surface area contributed by atoms with Crippen molar-refractivity contribution in [3.63, 3.8) is 0 Å². The number of rotatable bonds is 4. The molecular formula is C15H15Br2NOS. The molecule has 20 heavy (non-hydrogen) atoms. The third kappa shape index (κ3) is 4.17. The predicted molar refractivity (Wildman–Crippen MR) is 91.5 cm³/mol. The minimum absolute atomic E-state index is 0.0565. The number of hydrogen-bond donors (Lipinski definition) is 1. The van der Waals surface area contributed by atoms with Crippen molar-refractivity contribution in [3.05, 3.63) is 54.6 Å².